The molecule has 2 saturated heterocycles. The summed E-state index contributed by atoms with van der Waals surface area (Å²) in [5.74, 6) is 0.336. The zero-order valence-corrected chi connectivity index (χ0v) is 9.44. The zero-order valence-electron chi connectivity index (χ0n) is 8.62. The minimum Gasteiger partial charge on any atom is -0.310 e. The molecule has 0 amide bonds. The van der Waals surface area contributed by atoms with E-state index in [1.54, 1.807) is 4.31 Å². The van der Waals surface area contributed by atoms with Gasteiger partial charge in [-0.2, -0.15) is 0 Å². The van der Waals surface area contributed by atoms with Crippen molar-refractivity contribution in [1.29, 1.82) is 0 Å². The summed E-state index contributed by atoms with van der Waals surface area (Å²) in [6.07, 6.45) is 3.03. The maximum Gasteiger partial charge on any atom is 0.214 e. The van der Waals surface area contributed by atoms with Gasteiger partial charge in [0.25, 0.3) is 0 Å². The molecule has 0 bridgehead atoms. The summed E-state index contributed by atoms with van der Waals surface area (Å²) in [4.78, 5) is 0. The van der Waals surface area contributed by atoms with Crippen LogP contribution in [-0.2, 0) is 10.0 Å². The molecular weight excluding hydrogens is 200 g/mol. The molecule has 4 nitrogen and oxygen atoms in total. The van der Waals surface area contributed by atoms with E-state index < -0.39 is 10.0 Å². The quantitative estimate of drug-likeness (QED) is 0.718. The Kier molecular flexibility index (Phi) is 2.57. The Hall–Kier alpha value is -0.130. The molecule has 0 saturated carbocycles. The Bertz CT molecular complexity index is 307. The SMILES string of the molecule is CC1(CN2CCCS2(=O)=O)CCCN1. The van der Waals surface area contributed by atoms with Crippen LogP contribution in [-0.4, -0.2) is 43.6 Å². The fraction of sp³-hybridized carbons (Fsp3) is 1.00. The highest BCUT2D eigenvalue weighted by Crippen LogP contribution is 2.23. The highest BCUT2D eigenvalue weighted by molar-refractivity contribution is 7.89. The lowest BCUT2D eigenvalue weighted by Crippen LogP contribution is -2.47. The molecule has 2 aliphatic rings. The first-order valence-corrected chi connectivity index (χ1v) is 6.86. The van der Waals surface area contributed by atoms with Crippen LogP contribution in [0.1, 0.15) is 26.2 Å². The molecule has 14 heavy (non-hydrogen) atoms. The van der Waals surface area contributed by atoms with Crippen LogP contribution in [0.4, 0.5) is 0 Å². The molecule has 0 aromatic carbocycles. The molecular formula is C9H18N2O2S. The summed E-state index contributed by atoms with van der Waals surface area (Å²) in [5.41, 5.74) is 0.0113. The van der Waals surface area contributed by atoms with E-state index in [0.29, 0.717) is 18.8 Å². The van der Waals surface area contributed by atoms with Gasteiger partial charge >= 0.3 is 0 Å². The number of hydrogen-bond donors (Lipinski definition) is 1. The van der Waals surface area contributed by atoms with Gasteiger partial charge in [-0.15, -0.1) is 0 Å². The average Bonchev–Trinajstić information content (AvgIpc) is 2.61. The van der Waals surface area contributed by atoms with Crippen molar-refractivity contribution >= 4 is 10.0 Å². The highest BCUT2D eigenvalue weighted by atomic mass is 32.2. The lowest BCUT2D eigenvalue weighted by Gasteiger charge is -2.29. The van der Waals surface area contributed by atoms with E-state index in [-0.39, 0.29) is 5.54 Å². The predicted molar refractivity (Wildman–Crippen MR) is 55.6 cm³/mol. The monoisotopic (exact) mass is 218 g/mol. The fourth-order valence-corrected chi connectivity index (χ4v) is 3.99. The summed E-state index contributed by atoms with van der Waals surface area (Å²) < 4.78 is 24.8. The van der Waals surface area contributed by atoms with Gasteiger partial charge in [-0.1, -0.05) is 0 Å². The zero-order chi connectivity index (χ0) is 10.2. The molecule has 2 heterocycles. The topological polar surface area (TPSA) is 49.4 Å². The van der Waals surface area contributed by atoms with Gasteiger partial charge in [0.15, 0.2) is 0 Å². The molecule has 2 aliphatic heterocycles. The van der Waals surface area contributed by atoms with E-state index in [0.717, 1.165) is 25.8 Å². The van der Waals surface area contributed by atoms with E-state index in [1.807, 2.05) is 0 Å². The van der Waals surface area contributed by atoms with Crippen LogP contribution in [0.5, 0.6) is 0 Å². The normalized spacial score (nSPS) is 37.8. The van der Waals surface area contributed by atoms with E-state index >= 15 is 0 Å². The van der Waals surface area contributed by atoms with Gasteiger partial charge in [0, 0.05) is 18.6 Å². The van der Waals surface area contributed by atoms with Crippen molar-refractivity contribution in [1.82, 2.24) is 9.62 Å². The molecule has 2 rings (SSSR count). The molecule has 0 spiro atoms. The van der Waals surface area contributed by atoms with E-state index in [9.17, 15) is 8.42 Å². The lowest BCUT2D eigenvalue weighted by molar-refractivity contribution is 0.306. The third kappa shape index (κ3) is 1.94. The second-order valence-corrected chi connectivity index (χ2v) is 6.68. The van der Waals surface area contributed by atoms with Gasteiger partial charge in [-0.25, -0.2) is 12.7 Å². The molecule has 1 N–H and O–H groups in total. The standard InChI is InChI=1S/C9H18N2O2S/c1-9(4-2-5-10-9)8-11-6-3-7-14(11,12)13/h10H,2-8H2,1H3. The molecule has 5 heteroatoms. The lowest BCUT2D eigenvalue weighted by atomic mass is 10.0. The minimum atomic E-state index is -2.92. The molecule has 0 aromatic heterocycles. The Morgan fingerprint density at radius 3 is 2.71 bits per heavy atom. The van der Waals surface area contributed by atoms with Gasteiger partial charge in [0.2, 0.25) is 10.0 Å². The van der Waals surface area contributed by atoms with E-state index in [1.165, 1.54) is 0 Å². The summed E-state index contributed by atoms with van der Waals surface area (Å²) >= 11 is 0. The Morgan fingerprint density at radius 2 is 2.21 bits per heavy atom. The van der Waals surface area contributed by atoms with Gasteiger partial charge in [0.1, 0.15) is 0 Å². The highest BCUT2D eigenvalue weighted by Gasteiger charge is 2.36. The van der Waals surface area contributed by atoms with Gasteiger partial charge in [0.05, 0.1) is 5.75 Å². The number of hydrogen-bond acceptors (Lipinski definition) is 3. The second kappa shape index (κ2) is 3.47. The van der Waals surface area contributed by atoms with Gasteiger partial charge in [-0.3, -0.25) is 0 Å². The van der Waals surface area contributed by atoms with Crippen LogP contribution in [0, 0.1) is 0 Å². The summed E-state index contributed by atoms with van der Waals surface area (Å²) in [7, 11) is -2.92. The first-order valence-electron chi connectivity index (χ1n) is 5.25. The van der Waals surface area contributed by atoms with Gasteiger partial charge < -0.3 is 5.32 Å². The van der Waals surface area contributed by atoms with Crippen molar-refractivity contribution in [3.63, 3.8) is 0 Å². The third-order valence-electron chi connectivity index (χ3n) is 3.19. The summed E-state index contributed by atoms with van der Waals surface area (Å²) in [6.45, 7) is 4.49. The van der Waals surface area contributed by atoms with Crippen molar-refractivity contribution in [3.8, 4) is 0 Å². The van der Waals surface area contributed by atoms with Crippen LogP contribution in [0.15, 0.2) is 0 Å². The molecule has 0 aliphatic carbocycles. The predicted octanol–water partition coefficient (Wildman–Crippen LogP) is 0.164. The largest absolute Gasteiger partial charge is 0.310 e. The van der Waals surface area contributed by atoms with Crippen molar-refractivity contribution < 1.29 is 8.42 Å². The maximum atomic E-state index is 11.6. The van der Waals surface area contributed by atoms with Crippen molar-refractivity contribution in [3.05, 3.63) is 0 Å². The fourth-order valence-electron chi connectivity index (χ4n) is 2.35. The molecule has 2 fully saturated rings. The van der Waals surface area contributed by atoms with Crippen LogP contribution < -0.4 is 5.32 Å². The van der Waals surface area contributed by atoms with Crippen LogP contribution >= 0.6 is 0 Å². The number of rotatable bonds is 2. The average molecular weight is 218 g/mol. The third-order valence-corrected chi connectivity index (χ3v) is 5.09. The van der Waals surface area contributed by atoms with Crippen LogP contribution in [0.3, 0.4) is 0 Å². The molecule has 82 valence electrons. The molecule has 0 radical (unpaired) electrons. The molecule has 1 unspecified atom stereocenters. The van der Waals surface area contributed by atoms with Crippen molar-refractivity contribution in [2.75, 3.05) is 25.4 Å². The van der Waals surface area contributed by atoms with Crippen LogP contribution in [0.2, 0.25) is 0 Å². The molecule has 1 atom stereocenters. The Morgan fingerprint density at radius 1 is 1.43 bits per heavy atom. The van der Waals surface area contributed by atoms with E-state index in [4.69, 9.17) is 0 Å². The summed E-state index contributed by atoms with van der Waals surface area (Å²) in [6, 6.07) is 0. The first kappa shape index (κ1) is 10.4. The summed E-state index contributed by atoms with van der Waals surface area (Å²) in [5, 5.41) is 3.39. The Balaban J connectivity index is 2.03. The Labute approximate surface area is 85.7 Å². The maximum absolute atomic E-state index is 11.6. The molecule has 0 aromatic rings. The number of sulfonamides is 1. The minimum absolute atomic E-state index is 0.0113. The smallest absolute Gasteiger partial charge is 0.214 e. The van der Waals surface area contributed by atoms with E-state index in [2.05, 4.69) is 12.2 Å². The van der Waals surface area contributed by atoms with Crippen molar-refractivity contribution in [2.24, 2.45) is 0 Å². The van der Waals surface area contributed by atoms with Crippen LogP contribution in [0.25, 0.3) is 0 Å². The number of nitrogens with zero attached hydrogens (tertiary/aromatic N) is 1. The van der Waals surface area contributed by atoms with Gasteiger partial charge in [-0.05, 0) is 32.7 Å². The first-order chi connectivity index (χ1) is 6.52. The van der Waals surface area contributed by atoms with Crippen molar-refractivity contribution in [2.45, 2.75) is 31.7 Å². The number of nitrogens with one attached hydrogen (secondary N) is 1. The second-order valence-electron chi connectivity index (χ2n) is 4.59.